The Morgan fingerprint density at radius 2 is 2.38 bits per heavy atom. The molecule has 0 aromatic heterocycles. The maximum atomic E-state index is 11.7. The van der Waals surface area contributed by atoms with Gasteiger partial charge < -0.3 is 5.73 Å². The second-order valence-corrected chi connectivity index (χ2v) is 3.73. The van der Waals surface area contributed by atoms with Crippen LogP contribution in [0.4, 0.5) is 0 Å². The molecular weight excluding hydrogens is 162 g/mol. The van der Waals surface area contributed by atoms with Gasteiger partial charge in [0.1, 0.15) is 0 Å². The van der Waals surface area contributed by atoms with E-state index in [1.807, 2.05) is 0 Å². The number of rotatable bonds is 4. The minimum Gasteiger partial charge on any atom is -0.321 e. The number of carbonyl (C=O) groups is 1. The smallest absolute Gasteiger partial charge is 0.175 e. The van der Waals surface area contributed by atoms with Crippen molar-refractivity contribution < 1.29 is 4.79 Å². The van der Waals surface area contributed by atoms with Gasteiger partial charge in [-0.05, 0) is 37.7 Å². The van der Waals surface area contributed by atoms with E-state index in [0.717, 1.165) is 37.7 Å². The summed E-state index contributed by atoms with van der Waals surface area (Å²) in [5.41, 5.74) is 6.75. The van der Waals surface area contributed by atoms with Crippen LogP contribution in [0.5, 0.6) is 0 Å². The second-order valence-electron chi connectivity index (χ2n) is 3.73. The van der Waals surface area contributed by atoms with Gasteiger partial charge in [0.2, 0.25) is 0 Å². The molecule has 0 aliphatic heterocycles. The van der Waals surface area contributed by atoms with Gasteiger partial charge in [0.25, 0.3) is 0 Å². The SMILES string of the molecule is CCCC(N)C(=O)C1=CCCCC1. The summed E-state index contributed by atoms with van der Waals surface area (Å²) in [6.07, 6.45) is 8.24. The highest BCUT2D eigenvalue weighted by Crippen LogP contribution is 2.19. The molecule has 0 saturated heterocycles. The number of hydrogen-bond acceptors (Lipinski definition) is 2. The third-order valence-corrected chi connectivity index (χ3v) is 2.54. The monoisotopic (exact) mass is 181 g/mol. The molecule has 1 rings (SSSR count). The lowest BCUT2D eigenvalue weighted by Gasteiger charge is -2.15. The van der Waals surface area contributed by atoms with E-state index in [1.54, 1.807) is 0 Å². The van der Waals surface area contributed by atoms with E-state index in [4.69, 9.17) is 5.73 Å². The molecule has 0 aromatic carbocycles. The third-order valence-electron chi connectivity index (χ3n) is 2.54. The molecule has 74 valence electrons. The zero-order chi connectivity index (χ0) is 9.68. The van der Waals surface area contributed by atoms with E-state index in [-0.39, 0.29) is 11.8 Å². The maximum absolute atomic E-state index is 11.7. The van der Waals surface area contributed by atoms with E-state index in [1.165, 1.54) is 6.42 Å². The Balaban J connectivity index is 2.50. The molecule has 1 aliphatic rings. The zero-order valence-electron chi connectivity index (χ0n) is 8.38. The molecule has 0 spiro atoms. The van der Waals surface area contributed by atoms with E-state index >= 15 is 0 Å². The molecule has 0 fully saturated rings. The Morgan fingerprint density at radius 3 is 2.92 bits per heavy atom. The number of ketones is 1. The van der Waals surface area contributed by atoms with Gasteiger partial charge >= 0.3 is 0 Å². The molecule has 1 unspecified atom stereocenters. The zero-order valence-corrected chi connectivity index (χ0v) is 8.38. The maximum Gasteiger partial charge on any atom is 0.175 e. The highest BCUT2D eigenvalue weighted by molar-refractivity contribution is 5.99. The predicted octanol–water partition coefficient (Wildman–Crippen LogP) is 2.18. The molecule has 0 heterocycles. The van der Waals surface area contributed by atoms with Crippen molar-refractivity contribution in [2.75, 3.05) is 0 Å². The van der Waals surface area contributed by atoms with E-state index < -0.39 is 0 Å². The summed E-state index contributed by atoms with van der Waals surface area (Å²) in [6, 6.07) is -0.255. The van der Waals surface area contributed by atoms with Gasteiger partial charge in [0, 0.05) is 0 Å². The molecule has 0 bridgehead atoms. The molecular formula is C11H19NO. The molecule has 0 radical (unpaired) electrons. The number of carbonyl (C=O) groups excluding carboxylic acids is 1. The molecule has 0 amide bonds. The van der Waals surface area contributed by atoms with Crippen LogP contribution < -0.4 is 5.73 Å². The van der Waals surface area contributed by atoms with Gasteiger partial charge in [-0.15, -0.1) is 0 Å². The summed E-state index contributed by atoms with van der Waals surface area (Å²) in [5, 5.41) is 0. The average molecular weight is 181 g/mol. The second kappa shape index (κ2) is 5.18. The van der Waals surface area contributed by atoms with Crippen LogP contribution >= 0.6 is 0 Å². The first-order chi connectivity index (χ1) is 6.25. The van der Waals surface area contributed by atoms with E-state index in [0.29, 0.717) is 0 Å². The summed E-state index contributed by atoms with van der Waals surface area (Å²) in [4.78, 5) is 11.7. The summed E-state index contributed by atoms with van der Waals surface area (Å²) in [6.45, 7) is 2.06. The van der Waals surface area contributed by atoms with Crippen molar-refractivity contribution in [2.24, 2.45) is 5.73 Å². The Morgan fingerprint density at radius 1 is 1.62 bits per heavy atom. The van der Waals surface area contributed by atoms with Crippen LogP contribution in [0.2, 0.25) is 0 Å². The van der Waals surface area contributed by atoms with Crippen LogP contribution in [-0.2, 0) is 4.79 Å². The summed E-state index contributed by atoms with van der Waals surface area (Å²) >= 11 is 0. The summed E-state index contributed by atoms with van der Waals surface area (Å²) in [5.74, 6) is 0.182. The van der Waals surface area contributed by atoms with Crippen LogP contribution in [-0.4, -0.2) is 11.8 Å². The highest BCUT2D eigenvalue weighted by atomic mass is 16.1. The van der Waals surface area contributed by atoms with Crippen molar-refractivity contribution in [3.05, 3.63) is 11.6 Å². The molecule has 2 N–H and O–H groups in total. The third kappa shape index (κ3) is 2.96. The Labute approximate surface area is 80.2 Å². The van der Waals surface area contributed by atoms with Crippen LogP contribution in [0.15, 0.2) is 11.6 Å². The molecule has 0 saturated carbocycles. The first-order valence-electron chi connectivity index (χ1n) is 5.24. The van der Waals surface area contributed by atoms with Gasteiger partial charge in [-0.1, -0.05) is 19.4 Å². The largest absolute Gasteiger partial charge is 0.321 e. The van der Waals surface area contributed by atoms with E-state index in [2.05, 4.69) is 13.0 Å². The minimum absolute atomic E-state index is 0.182. The topological polar surface area (TPSA) is 43.1 Å². The Kier molecular flexibility index (Phi) is 4.16. The van der Waals surface area contributed by atoms with Gasteiger partial charge in [-0.3, -0.25) is 4.79 Å². The fraction of sp³-hybridized carbons (Fsp3) is 0.727. The number of hydrogen-bond donors (Lipinski definition) is 1. The van der Waals surface area contributed by atoms with Crippen LogP contribution in [0.1, 0.15) is 45.4 Å². The van der Waals surface area contributed by atoms with Gasteiger partial charge in [0.05, 0.1) is 6.04 Å². The van der Waals surface area contributed by atoms with Crippen molar-refractivity contribution in [1.82, 2.24) is 0 Å². The fourth-order valence-electron chi connectivity index (χ4n) is 1.74. The standard InChI is InChI=1S/C11H19NO/c1-2-6-10(12)11(13)9-7-4-3-5-8-9/h7,10H,2-6,8,12H2,1H3. The normalized spacial score (nSPS) is 19.4. The molecule has 1 atom stereocenters. The first kappa shape index (κ1) is 10.5. The van der Waals surface area contributed by atoms with Crippen molar-refractivity contribution in [2.45, 2.75) is 51.5 Å². The lowest BCUT2D eigenvalue weighted by Crippen LogP contribution is -2.31. The van der Waals surface area contributed by atoms with Gasteiger partial charge in [-0.25, -0.2) is 0 Å². The number of Topliss-reactive ketones (excluding diaryl/α,β-unsaturated/α-hetero) is 1. The van der Waals surface area contributed by atoms with E-state index in [9.17, 15) is 4.79 Å². The minimum atomic E-state index is -0.255. The van der Waals surface area contributed by atoms with Crippen LogP contribution in [0, 0.1) is 0 Å². The molecule has 0 aromatic rings. The van der Waals surface area contributed by atoms with Crippen molar-refractivity contribution in [1.29, 1.82) is 0 Å². The van der Waals surface area contributed by atoms with Crippen molar-refractivity contribution in [3.8, 4) is 0 Å². The van der Waals surface area contributed by atoms with Gasteiger partial charge in [0.15, 0.2) is 5.78 Å². The number of nitrogens with two attached hydrogens (primary N) is 1. The lowest BCUT2D eigenvalue weighted by atomic mass is 9.92. The summed E-state index contributed by atoms with van der Waals surface area (Å²) < 4.78 is 0. The molecule has 1 aliphatic carbocycles. The predicted molar refractivity (Wildman–Crippen MR) is 54.4 cm³/mol. The summed E-state index contributed by atoms with van der Waals surface area (Å²) in [7, 11) is 0. The fourth-order valence-corrected chi connectivity index (χ4v) is 1.74. The van der Waals surface area contributed by atoms with Gasteiger partial charge in [-0.2, -0.15) is 0 Å². The van der Waals surface area contributed by atoms with Crippen molar-refractivity contribution in [3.63, 3.8) is 0 Å². The molecule has 2 heteroatoms. The first-order valence-corrected chi connectivity index (χ1v) is 5.24. The van der Waals surface area contributed by atoms with Crippen LogP contribution in [0.3, 0.4) is 0 Å². The lowest BCUT2D eigenvalue weighted by molar-refractivity contribution is -0.117. The molecule has 2 nitrogen and oxygen atoms in total. The Bertz CT molecular complexity index is 208. The Hall–Kier alpha value is -0.630. The van der Waals surface area contributed by atoms with Crippen LogP contribution in [0.25, 0.3) is 0 Å². The molecule has 13 heavy (non-hydrogen) atoms. The quantitative estimate of drug-likeness (QED) is 0.722. The highest BCUT2D eigenvalue weighted by Gasteiger charge is 2.18. The van der Waals surface area contributed by atoms with Crippen molar-refractivity contribution >= 4 is 5.78 Å². The average Bonchev–Trinajstić information content (AvgIpc) is 2.18. The number of allylic oxidation sites excluding steroid dienone is 1.